The zero-order valence-corrected chi connectivity index (χ0v) is 22.9. The molecular formula is C28H31ClFN3O4S. The van der Waals surface area contributed by atoms with E-state index in [4.69, 9.17) is 11.6 Å². The Balaban J connectivity index is 1.84. The maximum Gasteiger partial charge on any atom is 0.242 e. The molecule has 0 aliphatic rings. The molecule has 3 aromatic carbocycles. The molecule has 38 heavy (non-hydrogen) atoms. The van der Waals surface area contributed by atoms with Gasteiger partial charge >= 0.3 is 0 Å². The minimum absolute atomic E-state index is 0.0134. The average molecular weight is 560 g/mol. The minimum atomic E-state index is -3.67. The third-order valence-electron chi connectivity index (χ3n) is 6.08. The van der Waals surface area contributed by atoms with Crippen LogP contribution in [0.25, 0.3) is 0 Å². The van der Waals surface area contributed by atoms with Crippen LogP contribution < -0.4 is 9.62 Å². The first-order valence-corrected chi connectivity index (χ1v) is 14.3. The summed E-state index contributed by atoms with van der Waals surface area (Å²) in [5.41, 5.74) is 1.88. The van der Waals surface area contributed by atoms with Crippen LogP contribution in [0, 0.1) is 5.82 Å². The molecule has 0 aromatic heterocycles. The Hall–Kier alpha value is -3.43. The maximum absolute atomic E-state index is 13.6. The van der Waals surface area contributed by atoms with Crippen LogP contribution in [0.1, 0.15) is 24.0 Å². The van der Waals surface area contributed by atoms with Crippen LogP contribution in [0.15, 0.2) is 78.9 Å². The smallest absolute Gasteiger partial charge is 0.242 e. The lowest BCUT2D eigenvalue weighted by Gasteiger charge is -2.32. The second-order valence-electron chi connectivity index (χ2n) is 8.85. The molecule has 202 valence electrons. The summed E-state index contributed by atoms with van der Waals surface area (Å²) in [6.07, 6.45) is 1.53. The van der Waals surface area contributed by atoms with E-state index >= 15 is 0 Å². The fraction of sp³-hybridized carbons (Fsp3) is 0.286. The Morgan fingerprint density at radius 2 is 1.61 bits per heavy atom. The quantitative estimate of drug-likeness (QED) is 0.356. The highest BCUT2D eigenvalue weighted by Gasteiger charge is 2.30. The molecule has 7 nitrogen and oxygen atoms in total. The van der Waals surface area contributed by atoms with Crippen LogP contribution >= 0.6 is 11.6 Å². The lowest BCUT2D eigenvalue weighted by molar-refractivity contribution is -0.141. The third-order valence-corrected chi connectivity index (χ3v) is 7.65. The lowest BCUT2D eigenvalue weighted by Crippen LogP contribution is -2.49. The van der Waals surface area contributed by atoms with E-state index in [0.717, 1.165) is 16.1 Å². The second-order valence-corrected chi connectivity index (χ2v) is 11.2. The van der Waals surface area contributed by atoms with Crippen LogP contribution in [0.2, 0.25) is 5.02 Å². The maximum atomic E-state index is 13.6. The van der Waals surface area contributed by atoms with Crippen molar-refractivity contribution < 1.29 is 22.4 Å². The van der Waals surface area contributed by atoms with Crippen LogP contribution in [0.5, 0.6) is 0 Å². The largest absolute Gasteiger partial charge is 0.357 e. The van der Waals surface area contributed by atoms with Gasteiger partial charge in [0.1, 0.15) is 11.9 Å². The van der Waals surface area contributed by atoms with Gasteiger partial charge in [-0.25, -0.2) is 12.8 Å². The lowest BCUT2D eigenvalue weighted by atomic mass is 10.0. The predicted octanol–water partition coefficient (Wildman–Crippen LogP) is 4.41. The molecule has 2 amide bonds. The summed E-state index contributed by atoms with van der Waals surface area (Å²) in [6.45, 7) is 0.122. The summed E-state index contributed by atoms with van der Waals surface area (Å²) in [5.74, 6) is -1.12. The summed E-state index contributed by atoms with van der Waals surface area (Å²) in [5, 5.41) is 3.13. The first-order chi connectivity index (χ1) is 18.1. The Morgan fingerprint density at radius 3 is 2.21 bits per heavy atom. The van der Waals surface area contributed by atoms with Crippen molar-refractivity contribution in [3.05, 3.63) is 101 Å². The number of sulfonamides is 1. The van der Waals surface area contributed by atoms with E-state index in [9.17, 15) is 22.4 Å². The number of anilines is 1. The monoisotopic (exact) mass is 559 g/mol. The molecule has 10 heteroatoms. The van der Waals surface area contributed by atoms with Crippen molar-refractivity contribution in [2.75, 3.05) is 24.2 Å². The third kappa shape index (κ3) is 8.03. The predicted molar refractivity (Wildman–Crippen MR) is 148 cm³/mol. The van der Waals surface area contributed by atoms with Gasteiger partial charge in [-0.05, 0) is 47.9 Å². The van der Waals surface area contributed by atoms with Crippen molar-refractivity contribution in [1.82, 2.24) is 10.2 Å². The fourth-order valence-electron chi connectivity index (χ4n) is 4.14. The SMILES string of the molecule is CNC(=O)[C@@H](Cc1ccccc1)N(Cc1ccccc1Cl)C(=O)CCCN(c1ccc(F)cc1)S(C)(=O)=O. The zero-order chi connectivity index (χ0) is 27.7. The van der Waals surface area contributed by atoms with E-state index in [-0.39, 0.29) is 37.7 Å². The second kappa shape index (κ2) is 13.4. The van der Waals surface area contributed by atoms with Gasteiger partial charge in [-0.1, -0.05) is 60.1 Å². The average Bonchev–Trinajstić information content (AvgIpc) is 2.89. The fourth-order valence-corrected chi connectivity index (χ4v) is 5.30. The van der Waals surface area contributed by atoms with E-state index < -0.39 is 21.9 Å². The number of carbonyl (C=O) groups excluding carboxylic acids is 2. The number of nitrogens with zero attached hydrogens (tertiary/aromatic N) is 2. The summed E-state index contributed by atoms with van der Waals surface area (Å²) in [6, 6.07) is 20.8. The molecule has 0 saturated heterocycles. The molecule has 0 aliphatic heterocycles. The molecule has 3 rings (SSSR count). The first kappa shape index (κ1) is 29.1. The molecule has 0 spiro atoms. The number of benzene rings is 3. The number of carbonyl (C=O) groups is 2. The van der Waals surface area contributed by atoms with Crippen LogP contribution in [0.4, 0.5) is 10.1 Å². The number of nitrogens with one attached hydrogen (secondary N) is 1. The number of hydrogen-bond acceptors (Lipinski definition) is 4. The molecule has 0 radical (unpaired) electrons. The highest BCUT2D eigenvalue weighted by atomic mass is 35.5. The molecule has 0 saturated carbocycles. The number of likely N-dealkylation sites (N-methyl/N-ethyl adjacent to an activating group) is 1. The number of halogens is 2. The molecule has 3 aromatic rings. The molecular weight excluding hydrogens is 529 g/mol. The summed E-state index contributed by atoms with van der Waals surface area (Å²) < 4.78 is 39.3. The molecule has 0 heterocycles. The van der Waals surface area contributed by atoms with E-state index in [1.807, 2.05) is 36.4 Å². The standard InChI is InChI=1S/C28H31ClFN3O4S/c1-31-28(35)26(19-21-9-4-3-5-10-21)32(20-22-11-6-7-12-25(22)29)27(34)13-8-18-33(38(2,36)37)24-16-14-23(30)15-17-24/h3-7,9-12,14-17,26H,8,13,18-20H2,1-2H3,(H,31,35)/t26-/m1/s1. The topological polar surface area (TPSA) is 86.8 Å². The van der Waals surface area contributed by atoms with Gasteiger partial charge in [-0.3, -0.25) is 13.9 Å². The van der Waals surface area contributed by atoms with Gasteiger partial charge in [0.05, 0.1) is 11.9 Å². The van der Waals surface area contributed by atoms with Crippen LogP contribution in [0.3, 0.4) is 0 Å². The summed E-state index contributed by atoms with van der Waals surface area (Å²) >= 11 is 6.39. The van der Waals surface area contributed by atoms with Gasteiger partial charge in [-0.2, -0.15) is 0 Å². The Labute approximate surface area is 228 Å². The number of hydrogen-bond donors (Lipinski definition) is 1. The normalized spacial score (nSPS) is 12.0. The summed E-state index contributed by atoms with van der Waals surface area (Å²) in [7, 11) is -2.15. The van der Waals surface area contributed by atoms with E-state index in [0.29, 0.717) is 22.7 Å². The van der Waals surface area contributed by atoms with Gasteiger partial charge in [-0.15, -0.1) is 0 Å². The van der Waals surface area contributed by atoms with Gasteiger partial charge in [0.25, 0.3) is 0 Å². The van der Waals surface area contributed by atoms with Crippen LogP contribution in [-0.4, -0.2) is 51.0 Å². The minimum Gasteiger partial charge on any atom is -0.357 e. The molecule has 0 bridgehead atoms. The van der Waals surface area contributed by atoms with E-state index in [1.54, 1.807) is 18.2 Å². The van der Waals surface area contributed by atoms with Crippen molar-refractivity contribution >= 4 is 39.1 Å². The Bertz CT molecular complexity index is 1340. The molecule has 0 unspecified atom stereocenters. The number of rotatable bonds is 12. The highest BCUT2D eigenvalue weighted by molar-refractivity contribution is 7.92. The molecule has 1 atom stereocenters. The van der Waals surface area contributed by atoms with Crippen molar-refractivity contribution in [3.63, 3.8) is 0 Å². The summed E-state index contributed by atoms with van der Waals surface area (Å²) in [4.78, 5) is 28.1. The van der Waals surface area contributed by atoms with Crippen molar-refractivity contribution in [1.29, 1.82) is 0 Å². The van der Waals surface area contributed by atoms with Crippen LogP contribution in [-0.2, 0) is 32.6 Å². The molecule has 0 aliphatic carbocycles. The highest BCUT2D eigenvalue weighted by Crippen LogP contribution is 2.22. The van der Waals surface area contributed by atoms with Gasteiger partial charge in [0.2, 0.25) is 21.8 Å². The molecule has 1 N–H and O–H groups in total. The number of amides is 2. The van der Waals surface area contributed by atoms with E-state index in [1.165, 1.54) is 36.2 Å². The van der Waals surface area contributed by atoms with Crippen molar-refractivity contribution in [2.45, 2.75) is 31.8 Å². The zero-order valence-electron chi connectivity index (χ0n) is 21.3. The van der Waals surface area contributed by atoms with Crippen molar-refractivity contribution in [3.8, 4) is 0 Å². The Kier molecular flexibility index (Phi) is 10.3. The Morgan fingerprint density at radius 1 is 0.974 bits per heavy atom. The van der Waals surface area contributed by atoms with E-state index in [2.05, 4.69) is 5.32 Å². The van der Waals surface area contributed by atoms with Gasteiger partial charge in [0.15, 0.2) is 0 Å². The van der Waals surface area contributed by atoms with Gasteiger partial charge in [0, 0.05) is 38.0 Å². The van der Waals surface area contributed by atoms with Crippen molar-refractivity contribution in [2.24, 2.45) is 0 Å². The van der Waals surface area contributed by atoms with Gasteiger partial charge < -0.3 is 10.2 Å². The molecule has 0 fully saturated rings. The first-order valence-electron chi connectivity index (χ1n) is 12.1.